The van der Waals surface area contributed by atoms with Crippen molar-refractivity contribution in [3.63, 3.8) is 0 Å². The molecule has 8 nitrogen and oxygen atoms in total. The summed E-state index contributed by atoms with van der Waals surface area (Å²) >= 11 is 0. The second-order valence-corrected chi connectivity index (χ2v) is 8.37. The summed E-state index contributed by atoms with van der Waals surface area (Å²) in [7, 11) is 0. The van der Waals surface area contributed by atoms with Crippen molar-refractivity contribution in [1.29, 1.82) is 5.41 Å². The molecule has 2 heterocycles. The predicted molar refractivity (Wildman–Crippen MR) is 138 cm³/mol. The van der Waals surface area contributed by atoms with Gasteiger partial charge in [-0.2, -0.15) is 0 Å². The van der Waals surface area contributed by atoms with E-state index in [-0.39, 0.29) is 30.1 Å². The molecular formula is C26H31ClN4O4. The van der Waals surface area contributed by atoms with Gasteiger partial charge in [0.1, 0.15) is 12.4 Å². The first kappa shape index (κ1) is 26.4. The number of nitrogens with zero attached hydrogens (tertiary/aromatic N) is 2. The molecule has 9 heteroatoms. The minimum Gasteiger partial charge on any atom is -0.464 e. The number of carbonyl (C=O) groups excluding carboxylic acids is 2. The third kappa shape index (κ3) is 6.91. The van der Waals surface area contributed by atoms with Crippen molar-refractivity contribution in [3.05, 3.63) is 71.3 Å². The van der Waals surface area contributed by atoms with E-state index in [1.807, 2.05) is 30.3 Å². The molecule has 3 N–H and O–H groups in total. The number of rotatable bonds is 9. The molecule has 1 fully saturated rings. The standard InChI is InChI=1S/C26H30N4O4.ClH/c27-25(28)21-6-8-22(9-7-21)30-12-11-23(26(30)32)20-4-1-19(2-5-20)3-10-24(31)34-18-15-29-13-16-33-17-14-29;/h1-2,4-9,11H,3,10,12-18H2,(H3,27,28);1H. The summed E-state index contributed by atoms with van der Waals surface area (Å²) in [6, 6.07) is 14.8. The molecule has 0 atom stereocenters. The van der Waals surface area contributed by atoms with Crippen LogP contribution in [0.2, 0.25) is 0 Å². The number of morpholine rings is 1. The van der Waals surface area contributed by atoms with Crippen LogP contribution in [0.15, 0.2) is 54.6 Å². The highest BCUT2D eigenvalue weighted by Gasteiger charge is 2.26. The molecule has 2 aliphatic rings. The van der Waals surface area contributed by atoms with Gasteiger partial charge in [0.05, 0.1) is 13.2 Å². The van der Waals surface area contributed by atoms with E-state index in [0.717, 1.165) is 49.7 Å². The minimum atomic E-state index is -0.197. The van der Waals surface area contributed by atoms with Crippen LogP contribution in [0.5, 0.6) is 0 Å². The van der Waals surface area contributed by atoms with Crippen LogP contribution in [0.25, 0.3) is 5.57 Å². The maximum Gasteiger partial charge on any atom is 0.306 e. The summed E-state index contributed by atoms with van der Waals surface area (Å²) in [6.45, 7) is 4.87. The average molecular weight is 499 g/mol. The summed E-state index contributed by atoms with van der Waals surface area (Å²) in [6.07, 6.45) is 2.84. The van der Waals surface area contributed by atoms with Crippen molar-refractivity contribution in [3.8, 4) is 0 Å². The van der Waals surface area contributed by atoms with E-state index >= 15 is 0 Å². The molecule has 2 aromatic carbocycles. The fourth-order valence-corrected chi connectivity index (χ4v) is 4.07. The van der Waals surface area contributed by atoms with Gasteiger partial charge in [0.25, 0.3) is 5.91 Å². The van der Waals surface area contributed by atoms with Crippen LogP contribution in [-0.4, -0.2) is 68.6 Å². The van der Waals surface area contributed by atoms with Crippen LogP contribution in [0.3, 0.4) is 0 Å². The van der Waals surface area contributed by atoms with Crippen LogP contribution in [0, 0.1) is 5.41 Å². The largest absolute Gasteiger partial charge is 0.464 e. The first-order chi connectivity index (χ1) is 16.5. The third-order valence-electron chi connectivity index (χ3n) is 6.10. The zero-order valence-corrected chi connectivity index (χ0v) is 20.4. The smallest absolute Gasteiger partial charge is 0.306 e. The van der Waals surface area contributed by atoms with E-state index in [9.17, 15) is 9.59 Å². The molecule has 186 valence electrons. The molecule has 0 aromatic heterocycles. The Bertz CT molecular complexity index is 1060. The molecule has 0 radical (unpaired) electrons. The highest BCUT2D eigenvalue weighted by atomic mass is 35.5. The van der Waals surface area contributed by atoms with Gasteiger partial charge >= 0.3 is 5.97 Å². The number of amides is 1. The fourth-order valence-electron chi connectivity index (χ4n) is 4.07. The Morgan fingerprint density at radius 3 is 2.40 bits per heavy atom. The van der Waals surface area contributed by atoms with Crippen LogP contribution in [-0.2, 0) is 25.5 Å². The number of hydrogen-bond acceptors (Lipinski definition) is 6. The van der Waals surface area contributed by atoms with Crippen LogP contribution in [0.1, 0.15) is 23.1 Å². The molecule has 1 saturated heterocycles. The van der Waals surface area contributed by atoms with Gasteiger partial charge in [-0.25, -0.2) is 0 Å². The molecule has 1 amide bonds. The van der Waals surface area contributed by atoms with Crippen molar-refractivity contribution in [2.45, 2.75) is 12.8 Å². The number of esters is 1. The number of benzene rings is 2. The van der Waals surface area contributed by atoms with Crippen LogP contribution >= 0.6 is 12.4 Å². The highest BCUT2D eigenvalue weighted by molar-refractivity contribution is 6.28. The molecular weight excluding hydrogens is 468 g/mol. The first-order valence-corrected chi connectivity index (χ1v) is 11.5. The van der Waals surface area contributed by atoms with Gasteiger partial charge in [0, 0.05) is 49.4 Å². The Labute approximate surface area is 211 Å². The quantitative estimate of drug-likeness (QED) is 0.312. The molecule has 0 saturated carbocycles. The van der Waals surface area contributed by atoms with E-state index in [2.05, 4.69) is 4.90 Å². The third-order valence-corrected chi connectivity index (χ3v) is 6.10. The first-order valence-electron chi connectivity index (χ1n) is 11.5. The number of nitrogens with one attached hydrogen (secondary N) is 1. The summed E-state index contributed by atoms with van der Waals surface area (Å²) in [4.78, 5) is 28.9. The molecule has 0 spiro atoms. The van der Waals surface area contributed by atoms with E-state index in [1.54, 1.807) is 29.2 Å². The number of aryl methyl sites for hydroxylation is 1. The Hall–Kier alpha value is -3.20. The van der Waals surface area contributed by atoms with Crippen molar-refractivity contribution in [2.24, 2.45) is 5.73 Å². The van der Waals surface area contributed by atoms with Crippen molar-refractivity contribution >= 4 is 41.4 Å². The average Bonchev–Trinajstić information content (AvgIpc) is 3.25. The molecule has 35 heavy (non-hydrogen) atoms. The zero-order valence-electron chi connectivity index (χ0n) is 19.6. The highest BCUT2D eigenvalue weighted by Crippen LogP contribution is 2.28. The number of nitrogens with two attached hydrogens (primary N) is 1. The summed E-state index contributed by atoms with van der Waals surface area (Å²) in [5, 5.41) is 7.49. The Balaban J connectivity index is 0.00000342. The van der Waals surface area contributed by atoms with E-state index < -0.39 is 0 Å². The number of amidine groups is 1. The Kier molecular flexibility index (Phi) is 9.42. The van der Waals surface area contributed by atoms with E-state index in [4.69, 9.17) is 20.6 Å². The lowest BCUT2D eigenvalue weighted by Crippen LogP contribution is -2.38. The second-order valence-electron chi connectivity index (χ2n) is 8.37. The zero-order chi connectivity index (χ0) is 23.9. The van der Waals surface area contributed by atoms with Gasteiger partial charge in [0.2, 0.25) is 0 Å². The molecule has 0 aliphatic carbocycles. The Morgan fingerprint density at radius 2 is 1.74 bits per heavy atom. The number of nitrogen functional groups attached to an aromatic ring is 1. The van der Waals surface area contributed by atoms with Crippen LogP contribution < -0.4 is 10.6 Å². The van der Waals surface area contributed by atoms with Gasteiger partial charge in [0.15, 0.2) is 0 Å². The van der Waals surface area contributed by atoms with Gasteiger partial charge in [-0.15, -0.1) is 12.4 Å². The van der Waals surface area contributed by atoms with Crippen LogP contribution in [0.4, 0.5) is 5.69 Å². The number of carbonyl (C=O) groups is 2. The van der Waals surface area contributed by atoms with E-state index in [1.165, 1.54) is 0 Å². The maximum atomic E-state index is 13.0. The molecule has 0 bridgehead atoms. The maximum absolute atomic E-state index is 13.0. The molecule has 0 unspecified atom stereocenters. The number of ether oxygens (including phenoxy) is 2. The molecule has 4 rings (SSSR count). The fraction of sp³-hybridized carbons (Fsp3) is 0.346. The van der Waals surface area contributed by atoms with Gasteiger partial charge in [-0.05, 0) is 41.8 Å². The number of halogens is 1. The monoisotopic (exact) mass is 498 g/mol. The topological polar surface area (TPSA) is 109 Å². The van der Waals surface area contributed by atoms with Gasteiger partial charge in [-0.3, -0.25) is 19.9 Å². The second kappa shape index (κ2) is 12.5. The molecule has 2 aliphatic heterocycles. The number of hydrogen-bond donors (Lipinski definition) is 2. The summed E-state index contributed by atoms with van der Waals surface area (Å²) in [5.41, 5.74) is 9.43. The van der Waals surface area contributed by atoms with Crippen molar-refractivity contribution in [2.75, 3.05) is 50.9 Å². The van der Waals surface area contributed by atoms with Crippen molar-refractivity contribution < 1.29 is 19.1 Å². The van der Waals surface area contributed by atoms with Crippen molar-refractivity contribution in [1.82, 2.24) is 4.90 Å². The Morgan fingerprint density at radius 1 is 1.06 bits per heavy atom. The molecule has 2 aromatic rings. The minimum absolute atomic E-state index is 0. The lowest BCUT2D eigenvalue weighted by Gasteiger charge is -2.26. The normalized spacial score (nSPS) is 15.9. The predicted octanol–water partition coefficient (Wildman–Crippen LogP) is 2.63. The van der Waals surface area contributed by atoms with Gasteiger partial charge < -0.3 is 20.1 Å². The lowest BCUT2D eigenvalue weighted by atomic mass is 10.0. The van der Waals surface area contributed by atoms with E-state index in [0.29, 0.717) is 37.1 Å². The SMILES string of the molecule is Cl.N=C(N)c1ccc(N2CC=C(c3ccc(CCC(=O)OCCN4CCOCC4)cc3)C2=O)cc1. The summed E-state index contributed by atoms with van der Waals surface area (Å²) < 4.78 is 10.7. The lowest BCUT2D eigenvalue weighted by molar-refractivity contribution is -0.144. The summed E-state index contributed by atoms with van der Waals surface area (Å²) in [5.74, 6) is -0.260. The number of anilines is 1. The van der Waals surface area contributed by atoms with Gasteiger partial charge in [-0.1, -0.05) is 30.3 Å².